The van der Waals surface area contributed by atoms with E-state index >= 15 is 0 Å². The Hall–Kier alpha value is -2.17. The van der Waals surface area contributed by atoms with Gasteiger partial charge in [-0.25, -0.2) is 0 Å². The van der Waals surface area contributed by atoms with E-state index in [1.54, 1.807) is 12.1 Å². The van der Waals surface area contributed by atoms with E-state index < -0.39 is 0 Å². The normalized spacial score (nSPS) is 30.1. The van der Waals surface area contributed by atoms with Gasteiger partial charge in [0.2, 0.25) is 5.91 Å². The van der Waals surface area contributed by atoms with Crippen molar-refractivity contribution in [2.24, 2.45) is 29.6 Å². The highest BCUT2D eigenvalue weighted by atomic mass is 16.5. The lowest BCUT2D eigenvalue weighted by atomic mass is 9.52. The van der Waals surface area contributed by atoms with Crippen LogP contribution in [0.4, 0.5) is 0 Å². The van der Waals surface area contributed by atoms with Gasteiger partial charge in [-0.15, -0.1) is 0 Å². The standard InChI is InChI=1S/C23H29NO4/c1-14(25)24-7-6-15-2-4-18(5-3-15)21(26)13-28-23(27)22-19-9-16-8-17(11-19)12-20(22)10-16/h2-5,16-17,19-20,22H,6-13H2,1H3,(H,24,25). The zero-order valence-electron chi connectivity index (χ0n) is 16.5. The van der Waals surface area contributed by atoms with E-state index in [-0.39, 0.29) is 30.2 Å². The average molecular weight is 383 g/mol. The molecule has 4 fully saturated rings. The zero-order chi connectivity index (χ0) is 19.7. The van der Waals surface area contributed by atoms with E-state index in [2.05, 4.69) is 5.32 Å². The van der Waals surface area contributed by atoms with Crippen LogP contribution in [0, 0.1) is 29.6 Å². The van der Waals surface area contributed by atoms with Gasteiger partial charge in [0, 0.05) is 19.0 Å². The minimum absolute atomic E-state index is 0.0109. The van der Waals surface area contributed by atoms with Crippen molar-refractivity contribution >= 4 is 17.7 Å². The van der Waals surface area contributed by atoms with E-state index in [0.717, 1.165) is 23.8 Å². The van der Waals surface area contributed by atoms with Crippen LogP contribution in [0.1, 0.15) is 54.9 Å². The molecule has 4 saturated carbocycles. The lowest BCUT2D eigenvalue weighted by Crippen LogP contribution is -2.48. The molecule has 4 aliphatic rings. The summed E-state index contributed by atoms with van der Waals surface area (Å²) in [5, 5.41) is 2.75. The summed E-state index contributed by atoms with van der Waals surface area (Å²) < 4.78 is 5.47. The second-order valence-electron chi connectivity index (χ2n) is 8.92. The largest absolute Gasteiger partial charge is 0.457 e. The van der Waals surface area contributed by atoms with Crippen molar-refractivity contribution in [1.29, 1.82) is 0 Å². The lowest BCUT2D eigenvalue weighted by molar-refractivity contribution is -0.161. The first-order valence-electron chi connectivity index (χ1n) is 10.5. The topological polar surface area (TPSA) is 72.5 Å². The molecule has 5 heteroatoms. The van der Waals surface area contributed by atoms with Gasteiger partial charge in [0.05, 0.1) is 5.92 Å². The van der Waals surface area contributed by atoms with Crippen molar-refractivity contribution in [3.63, 3.8) is 0 Å². The molecule has 0 heterocycles. The summed E-state index contributed by atoms with van der Waals surface area (Å²) in [6, 6.07) is 7.30. The third-order valence-electron chi connectivity index (χ3n) is 6.91. The number of carbonyl (C=O) groups is 3. The second-order valence-corrected chi connectivity index (χ2v) is 8.92. The number of rotatable bonds is 7. The van der Waals surface area contributed by atoms with Gasteiger partial charge >= 0.3 is 5.97 Å². The first-order valence-corrected chi connectivity index (χ1v) is 10.5. The van der Waals surface area contributed by atoms with Gasteiger partial charge in [-0.05, 0) is 67.8 Å². The third-order valence-corrected chi connectivity index (χ3v) is 6.91. The smallest absolute Gasteiger partial charge is 0.309 e. The maximum absolute atomic E-state index is 12.7. The first kappa shape index (κ1) is 19.2. The molecule has 0 unspecified atom stereocenters. The molecule has 4 aliphatic carbocycles. The summed E-state index contributed by atoms with van der Waals surface area (Å²) in [7, 11) is 0. The molecule has 5 rings (SSSR count). The molecule has 0 spiro atoms. The second kappa shape index (κ2) is 8.06. The van der Waals surface area contributed by atoms with Crippen molar-refractivity contribution in [2.75, 3.05) is 13.2 Å². The molecule has 0 atom stereocenters. The molecule has 1 N–H and O–H groups in total. The monoisotopic (exact) mass is 383 g/mol. The number of ketones is 1. The fraction of sp³-hybridized carbons (Fsp3) is 0.609. The molecular formula is C23H29NO4. The molecule has 5 nitrogen and oxygen atoms in total. The van der Waals surface area contributed by atoms with Gasteiger partial charge in [-0.3, -0.25) is 14.4 Å². The summed E-state index contributed by atoms with van der Waals surface area (Å²) in [6.07, 6.45) is 6.74. The van der Waals surface area contributed by atoms with Gasteiger partial charge in [-0.1, -0.05) is 24.3 Å². The third kappa shape index (κ3) is 4.13. The molecule has 1 aromatic carbocycles. The van der Waals surface area contributed by atoms with Crippen LogP contribution < -0.4 is 5.32 Å². The number of hydrogen-bond acceptors (Lipinski definition) is 4. The van der Waals surface area contributed by atoms with Crippen LogP contribution in [0.5, 0.6) is 0 Å². The molecule has 150 valence electrons. The van der Waals surface area contributed by atoms with Gasteiger partial charge in [0.15, 0.2) is 12.4 Å². The Bertz CT molecular complexity index is 726. The predicted octanol–water partition coefficient (Wildman–Crippen LogP) is 3.16. The van der Waals surface area contributed by atoms with Crippen LogP contribution in [0.15, 0.2) is 24.3 Å². The maximum atomic E-state index is 12.7. The van der Waals surface area contributed by atoms with Crippen molar-refractivity contribution in [1.82, 2.24) is 5.32 Å². The molecule has 28 heavy (non-hydrogen) atoms. The van der Waals surface area contributed by atoms with Crippen LogP contribution in [-0.2, 0) is 20.7 Å². The summed E-state index contributed by atoms with van der Waals surface area (Å²) in [5.41, 5.74) is 1.61. The Morgan fingerprint density at radius 3 is 2.14 bits per heavy atom. The van der Waals surface area contributed by atoms with E-state index in [1.165, 1.54) is 39.0 Å². The number of nitrogens with one attached hydrogen (secondary N) is 1. The predicted molar refractivity (Wildman–Crippen MR) is 105 cm³/mol. The lowest BCUT2D eigenvalue weighted by Gasteiger charge is -2.53. The average Bonchev–Trinajstić information content (AvgIpc) is 2.65. The molecule has 0 saturated heterocycles. The maximum Gasteiger partial charge on any atom is 0.309 e. The molecule has 4 bridgehead atoms. The van der Waals surface area contributed by atoms with Crippen LogP contribution in [0.25, 0.3) is 0 Å². The summed E-state index contributed by atoms with van der Waals surface area (Å²) in [5.74, 6) is 2.22. The summed E-state index contributed by atoms with van der Waals surface area (Å²) >= 11 is 0. The summed E-state index contributed by atoms with van der Waals surface area (Å²) in [4.78, 5) is 36.0. The van der Waals surface area contributed by atoms with Crippen LogP contribution in [0.2, 0.25) is 0 Å². The molecule has 0 aliphatic heterocycles. The number of esters is 1. The Balaban J connectivity index is 1.27. The number of carbonyl (C=O) groups excluding carboxylic acids is 3. The Morgan fingerprint density at radius 1 is 0.964 bits per heavy atom. The quantitative estimate of drug-likeness (QED) is 0.580. The van der Waals surface area contributed by atoms with Gasteiger partial charge in [-0.2, -0.15) is 0 Å². The minimum Gasteiger partial charge on any atom is -0.457 e. The molecule has 0 aromatic heterocycles. The SMILES string of the molecule is CC(=O)NCCc1ccc(C(=O)COC(=O)C2C3CC4CC(C3)CC2C4)cc1. The van der Waals surface area contributed by atoms with Crippen LogP contribution >= 0.6 is 0 Å². The van der Waals surface area contributed by atoms with Crippen LogP contribution in [-0.4, -0.2) is 30.8 Å². The minimum atomic E-state index is -0.174. The van der Waals surface area contributed by atoms with Crippen molar-refractivity contribution in [3.05, 3.63) is 35.4 Å². The van der Waals surface area contributed by atoms with Gasteiger partial charge < -0.3 is 10.1 Å². The Labute approximate surface area is 166 Å². The van der Waals surface area contributed by atoms with E-state index in [9.17, 15) is 14.4 Å². The highest BCUT2D eigenvalue weighted by Crippen LogP contribution is 2.56. The summed E-state index contributed by atoms with van der Waals surface area (Å²) in [6.45, 7) is 1.89. The van der Waals surface area contributed by atoms with Crippen molar-refractivity contribution < 1.29 is 19.1 Å². The first-order chi connectivity index (χ1) is 13.5. The van der Waals surface area contributed by atoms with E-state index in [4.69, 9.17) is 4.74 Å². The van der Waals surface area contributed by atoms with Crippen molar-refractivity contribution in [2.45, 2.75) is 45.4 Å². The van der Waals surface area contributed by atoms with E-state index in [0.29, 0.717) is 23.9 Å². The highest BCUT2D eigenvalue weighted by molar-refractivity contribution is 5.98. The Morgan fingerprint density at radius 2 is 1.57 bits per heavy atom. The number of hydrogen-bond donors (Lipinski definition) is 1. The zero-order valence-corrected chi connectivity index (χ0v) is 16.5. The number of ether oxygens (including phenoxy) is 1. The van der Waals surface area contributed by atoms with Gasteiger partial charge in [0.1, 0.15) is 0 Å². The Kier molecular flexibility index (Phi) is 5.51. The molecule has 1 amide bonds. The number of amides is 1. The highest BCUT2D eigenvalue weighted by Gasteiger charge is 2.51. The fourth-order valence-corrected chi connectivity index (χ4v) is 5.87. The molecular weight excluding hydrogens is 354 g/mol. The van der Waals surface area contributed by atoms with Crippen molar-refractivity contribution in [3.8, 4) is 0 Å². The number of Topliss-reactive ketones (excluding diaryl/α,β-unsaturated/α-hetero) is 1. The molecule has 1 aromatic rings. The van der Waals surface area contributed by atoms with E-state index in [1.807, 2.05) is 12.1 Å². The molecule has 0 radical (unpaired) electrons. The fourth-order valence-electron chi connectivity index (χ4n) is 5.87. The number of benzene rings is 1. The van der Waals surface area contributed by atoms with Gasteiger partial charge in [0.25, 0.3) is 0 Å². The van der Waals surface area contributed by atoms with Crippen LogP contribution in [0.3, 0.4) is 0 Å².